The number of aromatic nitrogens is 2. The molecule has 0 saturated heterocycles. The van der Waals surface area contributed by atoms with Gasteiger partial charge in [0, 0.05) is 13.1 Å². The second-order valence-electron chi connectivity index (χ2n) is 1.97. The van der Waals surface area contributed by atoms with Crippen LogP contribution in [-0.2, 0) is 7.05 Å². The first-order valence-electron chi connectivity index (χ1n) is 2.89. The first kappa shape index (κ1) is 7.46. The first-order chi connectivity index (χ1) is 5.15. The maximum absolute atomic E-state index is 10.3. The number of aryl methyl sites for hydroxylation is 1. The van der Waals surface area contributed by atoms with E-state index in [0.717, 1.165) is 0 Å². The molecule has 0 aromatic carbocycles. The fourth-order valence-corrected chi connectivity index (χ4v) is 0.710. The minimum absolute atomic E-state index is 0.0186. The lowest BCUT2D eigenvalue weighted by Crippen LogP contribution is -1.98. The molecule has 0 unspecified atom stereocenters. The summed E-state index contributed by atoms with van der Waals surface area (Å²) in [6.07, 6.45) is 0. The number of nitrogens with zero attached hydrogens (tertiary/aromatic N) is 3. The number of rotatable bonds is 2. The van der Waals surface area contributed by atoms with Crippen molar-refractivity contribution in [2.75, 3.05) is 0 Å². The van der Waals surface area contributed by atoms with Gasteiger partial charge in [0.05, 0.1) is 0 Å². The van der Waals surface area contributed by atoms with Gasteiger partial charge < -0.3 is 5.11 Å². The van der Waals surface area contributed by atoms with Crippen molar-refractivity contribution < 1.29 is 9.90 Å². The molecule has 58 valence electrons. The van der Waals surface area contributed by atoms with Crippen LogP contribution < -0.4 is 0 Å². The molecule has 1 heterocycles. The monoisotopic (exact) mass is 153 g/mol. The Morgan fingerprint density at radius 2 is 2.55 bits per heavy atom. The molecule has 0 bridgehead atoms. The Morgan fingerprint density at radius 1 is 1.91 bits per heavy atom. The minimum Gasteiger partial charge on any atom is -0.476 e. The molecule has 1 aromatic rings. The molecule has 1 rings (SSSR count). The highest BCUT2D eigenvalue weighted by Crippen LogP contribution is 2.10. The molecule has 0 aliphatic heterocycles. The molecule has 0 aliphatic carbocycles. The van der Waals surface area contributed by atoms with E-state index in [1.54, 1.807) is 7.05 Å². The molecule has 0 spiro atoms. The summed E-state index contributed by atoms with van der Waals surface area (Å²) in [6, 6.07) is 1.36. The highest BCUT2D eigenvalue weighted by Gasteiger charge is 2.08. The molecule has 0 amide bonds. The summed E-state index contributed by atoms with van der Waals surface area (Å²) in [4.78, 5) is 13.9. The average Bonchev–Trinajstić information content (AvgIpc) is 2.31. The molecule has 0 atom stereocenters. The van der Waals surface area contributed by atoms with Crippen LogP contribution in [0.4, 0.5) is 5.82 Å². The summed E-state index contributed by atoms with van der Waals surface area (Å²) in [5, 5.41) is 12.1. The average molecular weight is 153 g/mol. The van der Waals surface area contributed by atoms with Gasteiger partial charge in [-0.25, -0.2) is 9.79 Å². The van der Waals surface area contributed by atoms with Crippen molar-refractivity contribution in [3.63, 3.8) is 0 Å². The molecule has 0 radical (unpaired) electrons. The van der Waals surface area contributed by atoms with E-state index >= 15 is 0 Å². The van der Waals surface area contributed by atoms with E-state index in [9.17, 15) is 4.79 Å². The quantitative estimate of drug-likeness (QED) is 0.627. The third-order valence-corrected chi connectivity index (χ3v) is 1.24. The van der Waals surface area contributed by atoms with Gasteiger partial charge in [-0.15, -0.1) is 0 Å². The molecule has 0 saturated carbocycles. The summed E-state index contributed by atoms with van der Waals surface area (Å²) in [5.41, 5.74) is -0.0186. The molecule has 1 N–H and O–H groups in total. The summed E-state index contributed by atoms with van der Waals surface area (Å²) < 4.78 is 1.36. The van der Waals surface area contributed by atoms with Gasteiger partial charge in [-0.2, -0.15) is 5.10 Å². The summed E-state index contributed by atoms with van der Waals surface area (Å²) in [5.74, 6) is -0.613. The van der Waals surface area contributed by atoms with Crippen LogP contribution >= 0.6 is 0 Å². The maximum Gasteiger partial charge on any atom is 0.356 e. The van der Waals surface area contributed by atoms with Crippen molar-refractivity contribution >= 4 is 18.5 Å². The normalized spacial score (nSPS) is 9.55. The Hall–Kier alpha value is -1.65. The second kappa shape index (κ2) is 2.53. The van der Waals surface area contributed by atoms with E-state index in [1.807, 2.05) is 0 Å². The third kappa shape index (κ3) is 1.26. The van der Waals surface area contributed by atoms with Gasteiger partial charge in [0.1, 0.15) is 5.82 Å². The van der Waals surface area contributed by atoms with Gasteiger partial charge in [-0.05, 0) is 6.72 Å². The largest absolute Gasteiger partial charge is 0.476 e. The van der Waals surface area contributed by atoms with Crippen LogP contribution in [0.15, 0.2) is 11.1 Å². The van der Waals surface area contributed by atoms with Gasteiger partial charge >= 0.3 is 5.97 Å². The van der Waals surface area contributed by atoms with Crippen molar-refractivity contribution in [2.45, 2.75) is 0 Å². The molecule has 11 heavy (non-hydrogen) atoms. The fourth-order valence-electron chi connectivity index (χ4n) is 0.710. The molecule has 5 nitrogen and oxygen atoms in total. The molecular formula is C6H7N3O2. The van der Waals surface area contributed by atoms with E-state index in [2.05, 4.69) is 16.8 Å². The van der Waals surface area contributed by atoms with Crippen LogP contribution in [0.25, 0.3) is 0 Å². The minimum atomic E-state index is -1.06. The SMILES string of the molecule is C=Nc1cc(C(=O)O)nn1C. The number of aromatic carboxylic acids is 1. The topological polar surface area (TPSA) is 67.5 Å². The first-order valence-corrected chi connectivity index (χ1v) is 2.89. The molecule has 5 heteroatoms. The zero-order chi connectivity index (χ0) is 8.43. The Balaban J connectivity index is 3.14. The van der Waals surface area contributed by atoms with Gasteiger partial charge in [-0.3, -0.25) is 4.68 Å². The molecule has 0 fully saturated rings. The van der Waals surface area contributed by atoms with Crippen molar-refractivity contribution in [1.82, 2.24) is 9.78 Å². The van der Waals surface area contributed by atoms with Crippen LogP contribution in [0.2, 0.25) is 0 Å². The standard InChI is InChI=1S/C6H7N3O2/c1-7-5-3-4(6(10)11)8-9(5)2/h3H,1H2,2H3,(H,10,11). The molecule has 0 aliphatic rings. The highest BCUT2D eigenvalue weighted by atomic mass is 16.4. The van der Waals surface area contributed by atoms with Crippen LogP contribution in [0.3, 0.4) is 0 Å². The summed E-state index contributed by atoms with van der Waals surface area (Å²) in [6.45, 7) is 3.26. The molecular weight excluding hydrogens is 146 g/mol. The highest BCUT2D eigenvalue weighted by molar-refractivity contribution is 5.86. The van der Waals surface area contributed by atoms with Crippen LogP contribution in [-0.4, -0.2) is 27.6 Å². The lowest BCUT2D eigenvalue weighted by atomic mass is 10.4. The van der Waals surface area contributed by atoms with E-state index in [1.165, 1.54) is 10.7 Å². The predicted octanol–water partition coefficient (Wildman–Crippen LogP) is 0.450. The lowest BCUT2D eigenvalue weighted by Gasteiger charge is -1.88. The Kier molecular flexibility index (Phi) is 1.72. The Morgan fingerprint density at radius 3 is 2.82 bits per heavy atom. The van der Waals surface area contributed by atoms with Crippen LogP contribution in [0, 0.1) is 0 Å². The van der Waals surface area contributed by atoms with Gasteiger partial charge in [0.15, 0.2) is 5.69 Å². The number of hydrogen-bond donors (Lipinski definition) is 1. The maximum atomic E-state index is 10.3. The van der Waals surface area contributed by atoms with Crippen molar-refractivity contribution in [2.24, 2.45) is 12.0 Å². The number of aliphatic imine (C=N–C) groups is 1. The Labute approximate surface area is 63.0 Å². The third-order valence-electron chi connectivity index (χ3n) is 1.24. The van der Waals surface area contributed by atoms with Crippen molar-refractivity contribution in [3.8, 4) is 0 Å². The van der Waals surface area contributed by atoms with Crippen molar-refractivity contribution in [1.29, 1.82) is 0 Å². The lowest BCUT2D eigenvalue weighted by molar-refractivity contribution is 0.0689. The second-order valence-corrected chi connectivity index (χ2v) is 1.97. The van der Waals surface area contributed by atoms with Gasteiger partial charge in [0.2, 0.25) is 0 Å². The smallest absolute Gasteiger partial charge is 0.356 e. The summed E-state index contributed by atoms with van der Waals surface area (Å²) >= 11 is 0. The Bertz CT molecular complexity index is 303. The van der Waals surface area contributed by atoms with E-state index in [4.69, 9.17) is 5.11 Å². The zero-order valence-electron chi connectivity index (χ0n) is 5.98. The van der Waals surface area contributed by atoms with Crippen LogP contribution in [0.5, 0.6) is 0 Å². The predicted molar refractivity (Wildman–Crippen MR) is 39.4 cm³/mol. The molecule has 1 aromatic heterocycles. The number of carboxylic acids is 1. The van der Waals surface area contributed by atoms with Gasteiger partial charge in [0.25, 0.3) is 0 Å². The van der Waals surface area contributed by atoms with E-state index in [0.29, 0.717) is 5.82 Å². The van der Waals surface area contributed by atoms with Crippen LogP contribution in [0.1, 0.15) is 10.5 Å². The fraction of sp³-hybridized carbons (Fsp3) is 0.167. The number of carboxylic acid groups (broad SMARTS) is 1. The number of carbonyl (C=O) groups is 1. The van der Waals surface area contributed by atoms with E-state index < -0.39 is 5.97 Å². The van der Waals surface area contributed by atoms with Gasteiger partial charge in [-0.1, -0.05) is 0 Å². The van der Waals surface area contributed by atoms with E-state index in [-0.39, 0.29) is 5.69 Å². The summed E-state index contributed by atoms with van der Waals surface area (Å²) in [7, 11) is 1.61. The van der Waals surface area contributed by atoms with Crippen molar-refractivity contribution in [3.05, 3.63) is 11.8 Å². The zero-order valence-corrected chi connectivity index (χ0v) is 5.98. The number of hydrogen-bond acceptors (Lipinski definition) is 3.